The second-order valence-electron chi connectivity index (χ2n) is 4.58. The Balaban J connectivity index is 2.09. The van der Waals surface area contributed by atoms with Gasteiger partial charge in [-0.05, 0) is 31.7 Å². The molecule has 0 spiro atoms. The first-order chi connectivity index (χ1) is 7.81. The zero-order valence-electron chi connectivity index (χ0n) is 9.76. The summed E-state index contributed by atoms with van der Waals surface area (Å²) >= 11 is 0. The van der Waals surface area contributed by atoms with Crippen molar-refractivity contribution < 1.29 is 0 Å². The maximum Gasteiger partial charge on any atom is 0.0983 e. The molecule has 0 unspecified atom stereocenters. The molecular formula is C14H18N2. The summed E-state index contributed by atoms with van der Waals surface area (Å²) in [4.78, 5) is 2.33. The quantitative estimate of drug-likeness (QED) is 0.756. The van der Waals surface area contributed by atoms with Crippen LogP contribution in [0.2, 0.25) is 0 Å². The Morgan fingerprint density at radius 2 is 2.06 bits per heavy atom. The van der Waals surface area contributed by atoms with Crippen molar-refractivity contribution in [1.29, 1.82) is 5.26 Å². The summed E-state index contributed by atoms with van der Waals surface area (Å²) in [5, 5.41) is 9.17. The molecule has 0 aliphatic carbocycles. The van der Waals surface area contributed by atoms with Gasteiger partial charge in [0, 0.05) is 12.6 Å². The molecule has 2 nitrogen and oxygen atoms in total. The van der Waals surface area contributed by atoms with Crippen LogP contribution in [-0.2, 0) is 6.54 Å². The fourth-order valence-corrected chi connectivity index (χ4v) is 2.44. The van der Waals surface area contributed by atoms with E-state index in [0.717, 1.165) is 13.0 Å². The standard InChI is InChI=1S/C14H18N2/c1-12-6-5-9-14(10-15)16(12)11-13-7-3-2-4-8-13/h2-4,7-8,12,14H,5-6,9,11H2,1H3/t12-,14+/m1/s1. The van der Waals surface area contributed by atoms with E-state index in [-0.39, 0.29) is 6.04 Å². The molecule has 1 aromatic carbocycles. The van der Waals surface area contributed by atoms with Gasteiger partial charge >= 0.3 is 0 Å². The fourth-order valence-electron chi connectivity index (χ4n) is 2.44. The van der Waals surface area contributed by atoms with Crippen LogP contribution >= 0.6 is 0 Å². The highest BCUT2D eigenvalue weighted by molar-refractivity contribution is 5.15. The predicted octanol–water partition coefficient (Wildman–Crippen LogP) is 2.95. The largest absolute Gasteiger partial charge is 0.281 e. The Morgan fingerprint density at radius 1 is 1.31 bits per heavy atom. The van der Waals surface area contributed by atoms with Crippen LogP contribution in [0.25, 0.3) is 0 Å². The van der Waals surface area contributed by atoms with Crippen LogP contribution in [0.3, 0.4) is 0 Å². The predicted molar refractivity (Wildman–Crippen MR) is 64.7 cm³/mol. The zero-order chi connectivity index (χ0) is 11.4. The van der Waals surface area contributed by atoms with Crippen LogP contribution in [-0.4, -0.2) is 17.0 Å². The molecule has 1 aromatic rings. The van der Waals surface area contributed by atoms with Crippen molar-refractivity contribution >= 4 is 0 Å². The van der Waals surface area contributed by atoms with Crippen molar-refractivity contribution in [2.45, 2.75) is 44.8 Å². The van der Waals surface area contributed by atoms with E-state index in [1.807, 2.05) is 6.07 Å². The number of nitriles is 1. The molecule has 0 aromatic heterocycles. The van der Waals surface area contributed by atoms with E-state index in [0.29, 0.717) is 6.04 Å². The third-order valence-corrected chi connectivity index (χ3v) is 3.42. The minimum Gasteiger partial charge on any atom is -0.281 e. The molecule has 1 aliphatic heterocycles. The Morgan fingerprint density at radius 3 is 2.75 bits per heavy atom. The van der Waals surface area contributed by atoms with E-state index in [4.69, 9.17) is 5.26 Å². The van der Waals surface area contributed by atoms with E-state index in [2.05, 4.69) is 42.2 Å². The van der Waals surface area contributed by atoms with Gasteiger partial charge in [-0.25, -0.2) is 0 Å². The summed E-state index contributed by atoms with van der Waals surface area (Å²) in [6, 6.07) is 13.5. The third-order valence-electron chi connectivity index (χ3n) is 3.42. The number of benzene rings is 1. The first-order valence-corrected chi connectivity index (χ1v) is 6.00. The van der Waals surface area contributed by atoms with Crippen molar-refractivity contribution in [3.8, 4) is 6.07 Å². The van der Waals surface area contributed by atoms with E-state index in [1.165, 1.54) is 18.4 Å². The minimum atomic E-state index is 0.101. The van der Waals surface area contributed by atoms with Crippen LogP contribution < -0.4 is 0 Å². The average molecular weight is 214 g/mol. The highest BCUT2D eigenvalue weighted by Gasteiger charge is 2.27. The Hall–Kier alpha value is -1.33. The lowest BCUT2D eigenvalue weighted by molar-refractivity contribution is 0.115. The van der Waals surface area contributed by atoms with Crippen molar-refractivity contribution in [3.05, 3.63) is 35.9 Å². The smallest absolute Gasteiger partial charge is 0.0983 e. The van der Waals surface area contributed by atoms with E-state index in [9.17, 15) is 0 Å². The second-order valence-corrected chi connectivity index (χ2v) is 4.58. The van der Waals surface area contributed by atoms with Gasteiger partial charge in [0.05, 0.1) is 12.1 Å². The summed E-state index contributed by atoms with van der Waals surface area (Å²) in [6.07, 6.45) is 3.42. The fraction of sp³-hybridized carbons (Fsp3) is 0.500. The van der Waals surface area contributed by atoms with Crippen LogP contribution in [0.1, 0.15) is 31.7 Å². The Kier molecular flexibility index (Phi) is 3.58. The van der Waals surface area contributed by atoms with E-state index in [1.54, 1.807) is 0 Å². The zero-order valence-corrected chi connectivity index (χ0v) is 9.76. The van der Waals surface area contributed by atoms with Gasteiger partial charge in [0.15, 0.2) is 0 Å². The Bertz CT molecular complexity index is 366. The molecule has 16 heavy (non-hydrogen) atoms. The lowest BCUT2D eigenvalue weighted by atomic mass is 9.96. The minimum absolute atomic E-state index is 0.101. The first kappa shape index (κ1) is 11.2. The van der Waals surface area contributed by atoms with Crippen LogP contribution in [0.4, 0.5) is 0 Å². The lowest BCUT2D eigenvalue weighted by Crippen LogP contribution is -2.43. The van der Waals surface area contributed by atoms with E-state index < -0.39 is 0 Å². The molecule has 0 saturated carbocycles. The van der Waals surface area contributed by atoms with Crippen molar-refractivity contribution in [2.75, 3.05) is 0 Å². The van der Waals surface area contributed by atoms with Gasteiger partial charge in [-0.2, -0.15) is 5.26 Å². The van der Waals surface area contributed by atoms with Crippen LogP contribution in [0.5, 0.6) is 0 Å². The molecule has 0 amide bonds. The molecule has 0 radical (unpaired) electrons. The molecule has 2 heteroatoms. The maximum atomic E-state index is 9.17. The van der Waals surface area contributed by atoms with Crippen LogP contribution in [0, 0.1) is 11.3 Å². The maximum absolute atomic E-state index is 9.17. The summed E-state index contributed by atoms with van der Waals surface area (Å²) < 4.78 is 0. The number of nitrogens with zero attached hydrogens (tertiary/aromatic N) is 2. The SMILES string of the molecule is C[C@@H]1CCC[C@@H](C#N)N1Cc1ccccc1. The van der Waals surface area contributed by atoms with Gasteiger partial charge in [0.1, 0.15) is 0 Å². The molecule has 0 N–H and O–H groups in total. The molecule has 1 saturated heterocycles. The molecule has 1 fully saturated rings. The summed E-state index contributed by atoms with van der Waals surface area (Å²) in [6.45, 7) is 3.13. The molecule has 2 rings (SSSR count). The number of hydrogen-bond acceptors (Lipinski definition) is 2. The average Bonchev–Trinajstić information content (AvgIpc) is 2.33. The number of likely N-dealkylation sites (tertiary alicyclic amines) is 1. The molecular weight excluding hydrogens is 196 g/mol. The van der Waals surface area contributed by atoms with Gasteiger partial charge in [0.2, 0.25) is 0 Å². The van der Waals surface area contributed by atoms with Crippen molar-refractivity contribution in [1.82, 2.24) is 4.90 Å². The molecule has 1 aliphatic rings. The summed E-state index contributed by atoms with van der Waals surface area (Å²) in [5.41, 5.74) is 1.30. The topological polar surface area (TPSA) is 27.0 Å². The van der Waals surface area contributed by atoms with Crippen LogP contribution in [0.15, 0.2) is 30.3 Å². The molecule has 84 valence electrons. The normalized spacial score (nSPS) is 26.2. The van der Waals surface area contributed by atoms with Gasteiger partial charge in [-0.3, -0.25) is 4.90 Å². The second kappa shape index (κ2) is 5.14. The van der Waals surface area contributed by atoms with Gasteiger partial charge in [-0.1, -0.05) is 30.3 Å². The first-order valence-electron chi connectivity index (χ1n) is 6.00. The monoisotopic (exact) mass is 214 g/mol. The van der Waals surface area contributed by atoms with Crippen molar-refractivity contribution in [3.63, 3.8) is 0 Å². The highest BCUT2D eigenvalue weighted by atomic mass is 15.2. The van der Waals surface area contributed by atoms with E-state index >= 15 is 0 Å². The Labute approximate surface area is 97.5 Å². The van der Waals surface area contributed by atoms with Crippen molar-refractivity contribution in [2.24, 2.45) is 0 Å². The van der Waals surface area contributed by atoms with Gasteiger partial charge in [-0.15, -0.1) is 0 Å². The number of rotatable bonds is 2. The number of hydrogen-bond donors (Lipinski definition) is 0. The third kappa shape index (κ3) is 2.43. The molecule has 1 heterocycles. The summed E-state index contributed by atoms with van der Waals surface area (Å²) in [7, 11) is 0. The summed E-state index contributed by atoms with van der Waals surface area (Å²) in [5.74, 6) is 0. The van der Waals surface area contributed by atoms with Gasteiger partial charge < -0.3 is 0 Å². The number of piperidine rings is 1. The van der Waals surface area contributed by atoms with Gasteiger partial charge in [0.25, 0.3) is 0 Å². The molecule has 0 bridgehead atoms. The lowest BCUT2D eigenvalue weighted by Gasteiger charge is -2.37. The highest BCUT2D eigenvalue weighted by Crippen LogP contribution is 2.24. The molecule has 2 atom stereocenters.